The number of nitrogens with one attached hydrogen (secondary N) is 2. The molecule has 0 saturated heterocycles. The molecule has 90 valence electrons. The summed E-state index contributed by atoms with van der Waals surface area (Å²) in [6.07, 6.45) is 6.08. The van der Waals surface area contributed by atoms with Gasteiger partial charge in [0.15, 0.2) is 5.96 Å². The number of guanidine groups is 1. The summed E-state index contributed by atoms with van der Waals surface area (Å²) in [6, 6.07) is 0.616. The minimum Gasteiger partial charge on any atom is -0.357 e. The second-order valence-electron chi connectivity index (χ2n) is 3.61. The predicted octanol–water partition coefficient (Wildman–Crippen LogP) is 2.07. The summed E-state index contributed by atoms with van der Waals surface area (Å²) in [6.45, 7) is 3.02. The molecule has 1 saturated carbocycles. The van der Waals surface area contributed by atoms with Gasteiger partial charge in [-0.15, -0.1) is 24.0 Å². The van der Waals surface area contributed by atoms with Crippen molar-refractivity contribution >= 4 is 41.7 Å². The number of aliphatic imine (C=N–C) groups is 1. The lowest BCUT2D eigenvalue weighted by atomic mass is 10.2. The third kappa shape index (κ3) is 5.29. The lowest BCUT2D eigenvalue weighted by molar-refractivity contribution is 0.617. The van der Waals surface area contributed by atoms with E-state index in [4.69, 9.17) is 0 Å². The third-order valence-corrected chi connectivity index (χ3v) is 3.72. The predicted molar refractivity (Wildman–Crippen MR) is 80.5 cm³/mol. The number of rotatable bonds is 3. The van der Waals surface area contributed by atoms with Gasteiger partial charge in [-0.2, -0.15) is 11.8 Å². The Morgan fingerprint density at radius 2 is 2.20 bits per heavy atom. The Morgan fingerprint density at radius 3 is 2.67 bits per heavy atom. The van der Waals surface area contributed by atoms with Crippen molar-refractivity contribution in [2.24, 2.45) is 4.99 Å². The second kappa shape index (κ2) is 8.50. The number of nitrogens with zero attached hydrogens (tertiary/aromatic N) is 1. The lowest BCUT2D eigenvalue weighted by Gasteiger charge is -2.16. The molecule has 15 heavy (non-hydrogen) atoms. The molecular weight excluding hydrogens is 321 g/mol. The Balaban J connectivity index is 0.00000196. The first-order valence-corrected chi connectivity index (χ1v) is 6.59. The van der Waals surface area contributed by atoms with Gasteiger partial charge < -0.3 is 10.6 Å². The van der Waals surface area contributed by atoms with Gasteiger partial charge in [-0.1, -0.05) is 0 Å². The fourth-order valence-corrected chi connectivity index (χ4v) is 2.64. The van der Waals surface area contributed by atoms with Crippen LogP contribution in [0.1, 0.15) is 26.2 Å². The zero-order valence-corrected chi connectivity index (χ0v) is 12.9. The van der Waals surface area contributed by atoms with Crippen molar-refractivity contribution in [2.75, 3.05) is 19.8 Å². The zero-order chi connectivity index (χ0) is 10.4. The first-order chi connectivity index (χ1) is 6.80. The van der Waals surface area contributed by atoms with Crippen LogP contribution in [0.4, 0.5) is 0 Å². The summed E-state index contributed by atoms with van der Waals surface area (Å²) < 4.78 is 0. The summed E-state index contributed by atoms with van der Waals surface area (Å²) in [5.41, 5.74) is 0. The Bertz CT molecular complexity index is 199. The molecule has 3 nitrogen and oxygen atoms in total. The van der Waals surface area contributed by atoms with E-state index in [-0.39, 0.29) is 24.0 Å². The Hall–Kier alpha value is 0.350. The molecule has 0 spiro atoms. The quantitative estimate of drug-likeness (QED) is 0.468. The van der Waals surface area contributed by atoms with Crippen molar-refractivity contribution in [2.45, 2.75) is 37.5 Å². The van der Waals surface area contributed by atoms with Gasteiger partial charge in [0, 0.05) is 24.9 Å². The van der Waals surface area contributed by atoms with Crippen LogP contribution in [-0.2, 0) is 0 Å². The molecule has 2 N–H and O–H groups in total. The minimum absolute atomic E-state index is 0. The molecular formula is C10H22IN3S. The number of thioether (sulfide) groups is 1. The van der Waals surface area contributed by atoms with Crippen molar-refractivity contribution < 1.29 is 0 Å². The molecule has 2 atom stereocenters. The normalized spacial score (nSPS) is 25.9. The van der Waals surface area contributed by atoms with Crippen molar-refractivity contribution in [1.82, 2.24) is 10.6 Å². The molecule has 0 radical (unpaired) electrons. The van der Waals surface area contributed by atoms with E-state index < -0.39 is 0 Å². The van der Waals surface area contributed by atoms with E-state index in [0.29, 0.717) is 6.04 Å². The van der Waals surface area contributed by atoms with Crippen LogP contribution in [0.3, 0.4) is 0 Å². The number of hydrogen-bond donors (Lipinski definition) is 2. The molecule has 2 unspecified atom stereocenters. The van der Waals surface area contributed by atoms with Crippen LogP contribution in [-0.4, -0.2) is 37.1 Å². The van der Waals surface area contributed by atoms with Crippen LogP contribution in [0.25, 0.3) is 0 Å². The molecule has 1 fully saturated rings. The molecule has 0 aliphatic heterocycles. The highest BCUT2D eigenvalue weighted by molar-refractivity contribution is 14.0. The van der Waals surface area contributed by atoms with E-state index in [1.165, 1.54) is 19.3 Å². The van der Waals surface area contributed by atoms with Crippen LogP contribution in [0.15, 0.2) is 4.99 Å². The van der Waals surface area contributed by atoms with Crippen LogP contribution < -0.4 is 10.6 Å². The zero-order valence-electron chi connectivity index (χ0n) is 9.75. The molecule has 1 aliphatic rings. The van der Waals surface area contributed by atoms with Gasteiger partial charge in [0.05, 0.1) is 0 Å². The molecule has 0 amide bonds. The smallest absolute Gasteiger partial charge is 0.191 e. The molecule has 0 aromatic rings. The van der Waals surface area contributed by atoms with Gasteiger partial charge in [0.25, 0.3) is 0 Å². The summed E-state index contributed by atoms with van der Waals surface area (Å²) in [5.74, 6) is 0.944. The SMILES string of the molecule is CCNC(=NC)NC1CCC(SC)C1.I. The highest BCUT2D eigenvalue weighted by atomic mass is 127. The van der Waals surface area contributed by atoms with Crippen molar-refractivity contribution in [3.8, 4) is 0 Å². The van der Waals surface area contributed by atoms with E-state index >= 15 is 0 Å². The molecule has 0 aromatic carbocycles. The van der Waals surface area contributed by atoms with Gasteiger partial charge in [-0.25, -0.2) is 0 Å². The van der Waals surface area contributed by atoms with Crippen molar-refractivity contribution in [3.05, 3.63) is 0 Å². The van der Waals surface area contributed by atoms with E-state index in [0.717, 1.165) is 17.8 Å². The van der Waals surface area contributed by atoms with E-state index in [9.17, 15) is 0 Å². The topological polar surface area (TPSA) is 36.4 Å². The summed E-state index contributed by atoms with van der Waals surface area (Å²) >= 11 is 1.98. The second-order valence-corrected chi connectivity index (χ2v) is 4.75. The highest BCUT2D eigenvalue weighted by Crippen LogP contribution is 2.27. The first-order valence-electron chi connectivity index (χ1n) is 5.30. The molecule has 0 aromatic heterocycles. The van der Waals surface area contributed by atoms with E-state index in [2.05, 4.69) is 28.8 Å². The maximum Gasteiger partial charge on any atom is 0.191 e. The number of halogens is 1. The van der Waals surface area contributed by atoms with Gasteiger partial charge in [0.2, 0.25) is 0 Å². The van der Waals surface area contributed by atoms with Crippen molar-refractivity contribution in [1.29, 1.82) is 0 Å². The average molecular weight is 343 g/mol. The van der Waals surface area contributed by atoms with Crippen molar-refractivity contribution in [3.63, 3.8) is 0 Å². The van der Waals surface area contributed by atoms with E-state index in [1.54, 1.807) is 0 Å². The van der Waals surface area contributed by atoms with Gasteiger partial charge >= 0.3 is 0 Å². The van der Waals surface area contributed by atoms with E-state index in [1.807, 2.05) is 18.8 Å². The monoisotopic (exact) mass is 343 g/mol. The van der Waals surface area contributed by atoms with Crippen LogP contribution in [0.2, 0.25) is 0 Å². The van der Waals surface area contributed by atoms with Gasteiger partial charge in [0.1, 0.15) is 0 Å². The highest BCUT2D eigenvalue weighted by Gasteiger charge is 2.24. The maximum absolute atomic E-state index is 4.18. The number of hydrogen-bond acceptors (Lipinski definition) is 2. The lowest BCUT2D eigenvalue weighted by Crippen LogP contribution is -2.42. The molecule has 1 aliphatic carbocycles. The molecule has 5 heteroatoms. The third-order valence-electron chi connectivity index (χ3n) is 2.63. The average Bonchev–Trinajstić information content (AvgIpc) is 2.65. The molecule has 0 heterocycles. The van der Waals surface area contributed by atoms with Gasteiger partial charge in [-0.3, -0.25) is 4.99 Å². The minimum atomic E-state index is 0. The summed E-state index contributed by atoms with van der Waals surface area (Å²) in [7, 11) is 1.83. The fourth-order valence-electron chi connectivity index (χ4n) is 1.84. The van der Waals surface area contributed by atoms with Crippen LogP contribution >= 0.6 is 35.7 Å². The van der Waals surface area contributed by atoms with Crippen LogP contribution in [0, 0.1) is 0 Å². The maximum atomic E-state index is 4.18. The summed E-state index contributed by atoms with van der Waals surface area (Å²) in [5, 5.41) is 7.52. The summed E-state index contributed by atoms with van der Waals surface area (Å²) in [4.78, 5) is 4.18. The van der Waals surface area contributed by atoms with Crippen LogP contribution in [0.5, 0.6) is 0 Å². The Labute approximate surface area is 114 Å². The van der Waals surface area contributed by atoms with Gasteiger partial charge in [-0.05, 0) is 32.4 Å². The fraction of sp³-hybridized carbons (Fsp3) is 0.900. The molecule has 1 rings (SSSR count). The first kappa shape index (κ1) is 15.3. The standard InChI is InChI=1S/C10H21N3S.HI/c1-4-12-10(11-2)13-8-5-6-9(7-8)14-3;/h8-9H,4-7H2,1-3H3,(H2,11,12,13);1H. The largest absolute Gasteiger partial charge is 0.357 e. The Morgan fingerprint density at radius 1 is 1.47 bits per heavy atom. The Kier molecular flexibility index (Phi) is 8.69. The molecule has 0 bridgehead atoms.